The molecule has 10 nitrogen and oxygen atoms in total. The van der Waals surface area contributed by atoms with Gasteiger partial charge in [-0.2, -0.15) is 5.26 Å². The molecule has 1 saturated carbocycles. The minimum atomic E-state index is -0.310. The Morgan fingerprint density at radius 3 is 3.00 bits per heavy atom. The summed E-state index contributed by atoms with van der Waals surface area (Å²) in [7, 11) is 1.55. The van der Waals surface area contributed by atoms with Crippen LogP contribution in [-0.2, 0) is 0 Å². The lowest BCUT2D eigenvalue weighted by molar-refractivity contribution is 0.0958. The van der Waals surface area contributed by atoms with Gasteiger partial charge in [-0.25, -0.2) is 15.0 Å². The van der Waals surface area contributed by atoms with Gasteiger partial charge in [0.25, 0.3) is 5.91 Å². The Hall–Kier alpha value is -3.88. The number of aromatic amines is 1. The molecule has 0 saturated heterocycles. The predicted octanol–water partition coefficient (Wildman–Crippen LogP) is 3.08. The molecule has 33 heavy (non-hydrogen) atoms. The second-order valence-corrected chi connectivity index (χ2v) is 8.49. The van der Waals surface area contributed by atoms with E-state index in [0.717, 1.165) is 34.6 Å². The summed E-state index contributed by atoms with van der Waals surface area (Å²) in [5, 5.41) is 16.9. The van der Waals surface area contributed by atoms with Crippen molar-refractivity contribution in [2.75, 3.05) is 12.4 Å². The van der Waals surface area contributed by atoms with E-state index in [-0.39, 0.29) is 17.6 Å². The van der Waals surface area contributed by atoms with Gasteiger partial charge < -0.3 is 20.0 Å². The second-order valence-electron chi connectivity index (χ2n) is 7.63. The van der Waals surface area contributed by atoms with E-state index in [1.165, 1.54) is 18.2 Å². The Bertz CT molecular complexity index is 1350. The van der Waals surface area contributed by atoms with Gasteiger partial charge in [0.1, 0.15) is 16.9 Å². The lowest BCUT2D eigenvalue weighted by Gasteiger charge is -2.37. The van der Waals surface area contributed by atoms with Gasteiger partial charge in [0.05, 0.1) is 22.9 Å². The molecule has 0 spiro atoms. The van der Waals surface area contributed by atoms with Crippen molar-refractivity contribution in [2.45, 2.75) is 30.0 Å². The Morgan fingerprint density at radius 1 is 1.30 bits per heavy atom. The number of carbonyl (C=O) groups excluding carboxylic acids is 1. The van der Waals surface area contributed by atoms with Crippen LogP contribution in [0.1, 0.15) is 28.9 Å². The summed E-state index contributed by atoms with van der Waals surface area (Å²) in [4.78, 5) is 28.1. The van der Waals surface area contributed by atoms with Crippen molar-refractivity contribution in [1.82, 2.24) is 30.0 Å². The van der Waals surface area contributed by atoms with E-state index in [4.69, 9.17) is 9.68 Å². The van der Waals surface area contributed by atoms with Crippen LogP contribution in [0.3, 0.4) is 0 Å². The quantitative estimate of drug-likeness (QED) is 0.306. The van der Waals surface area contributed by atoms with Crippen LogP contribution in [-0.4, -0.2) is 45.0 Å². The molecule has 1 aliphatic carbocycles. The number of anilines is 1. The van der Waals surface area contributed by atoms with Gasteiger partial charge in [-0.15, -0.1) is 0 Å². The summed E-state index contributed by atoms with van der Waals surface area (Å²) in [6.07, 6.45) is 8.33. The molecule has 1 amide bonds. The third kappa shape index (κ3) is 4.26. The molecular weight excluding hydrogens is 440 g/mol. The fourth-order valence-corrected chi connectivity index (χ4v) is 4.45. The minimum absolute atomic E-state index is 0.214. The van der Waals surface area contributed by atoms with Gasteiger partial charge in [0.15, 0.2) is 5.69 Å². The van der Waals surface area contributed by atoms with Crippen LogP contribution in [0, 0.1) is 11.3 Å². The SMILES string of the molecule is CNC(=O)c1coc(-c2cnc3[nH]ccc3c2NC2CC(NSc3cc(C#N)ccn3)C2)n1. The number of hydrogen-bond donors (Lipinski definition) is 4. The van der Waals surface area contributed by atoms with Crippen LogP contribution in [0.2, 0.25) is 0 Å². The topological polar surface area (TPSA) is 145 Å². The number of fused-ring (bicyclic) bond motifs is 1. The minimum Gasteiger partial charge on any atom is -0.443 e. The molecule has 0 unspecified atom stereocenters. The number of H-pyrrole nitrogens is 1. The zero-order chi connectivity index (χ0) is 22.8. The number of nitrogens with one attached hydrogen (secondary N) is 4. The van der Waals surface area contributed by atoms with Crippen molar-refractivity contribution in [1.29, 1.82) is 5.26 Å². The molecule has 1 fully saturated rings. The van der Waals surface area contributed by atoms with Gasteiger partial charge >= 0.3 is 0 Å². The normalized spacial score (nSPS) is 17.3. The molecule has 0 bridgehead atoms. The number of amides is 1. The Morgan fingerprint density at radius 2 is 2.18 bits per heavy atom. The maximum absolute atomic E-state index is 11.9. The smallest absolute Gasteiger partial charge is 0.272 e. The summed E-state index contributed by atoms with van der Waals surface area (Å²) >= 11 is 1.44. The summed E-state index contributed by atoms with van der Waals surface area (Å²) in [5.41, 5.74) is 3.12. The van der Waals surface area contributed by atoms with Crippen molar-refractivity contribution in [2.24, 2.45) is 0 Å². The van der Waals surface area contributed by atoms with Gasteiger partial charge in [0, 0.05) is 43.1 Å². The molecule has 0 aromatic carbocycles. The first-order valence-corrected chi connectivity index (χ1v) is 11.2. The largest absolute Gasteiger partial charge is 0.443 e. The highest BCUT2D eigenvalue weighted by molar-refractivity contribution is 7.97. The summed E-state index contributed by atoms with van der Waals surface area (Å²) in [6.45, 7) is 0. The van der Waals surface area contributed by atoms with E-state index < -0.39 is 0 Å². The van der Waals surface area contributed by atoms with Crippen LogP contribution >= 0.6 is 11.9 Å². The zero-order valence-corrected chi connectivity index (χ0v) is 18.4. The molecule has 4 heterocycles. The molecule has 4 aromatic heterocycles. The average Bonchev–Trinajstić information content (AvgIpc) is 3.50. The average molecular weight is 461 g/mol. The van der Waals surface area contributed by atoms with E-state index in [2.05, 4.69) is 41.4 Å². The third-order valence-corrected chi connectivity index (χ3v) is 6.35. The second kappa shape index (κ2) is 8.93. The van der Waals surface area contributed by atoms with Gasteiger partial charge in [-0.1, -0.05) is 0 Å². The first kappa shape index (κ1) is 21.0. The molecule has 0 aliphatic heterocycles. The Kier molecular flexibility index (Phi) is 5.68. The van der Waals surface area contributed by atoms with Crippen LogP contribution < -0.4 is 15.4 Å². The number of carbonyl (C=O) groups is 1. The number of pyridine rings is 2. The third-order valence-electron chi connectivity index (χ3n) is 5.46. The lowest BCUT2D eigenvalue weighted by Crippen LogP contribution is -2.45. The van der Waals surface area contributed by atoms with Crippen molar-refractivity contribution in [3.05, 3.63) is 54.3 Å². The van der Waals surface area contributed by atoms with Gasteiger partial charge in [-0.3, -0.25) is 9.52 Å². The highest BCUT2D eigenvalue weighted by atomic mass is 32.2. The van der Waals surface area contributed by atoms with E-state index in [9.17, 15) is 4.79 Å². The molecule has 5 rings (SSSR count). The highest BCUT2D eigenvalue weighted by Gasteiger charge is 2.31. The summed E-state index contributed by atoms with van der Waals surface area (Å²) < 4.78 is 9.01. The van der Waals surface area contributed by atoms with Crippen LogP contribution in [0.15, 0.2) is 52.5 Å². The van der Waals surface area contributed by atoms with Crippen molar-refractivity contribution in [3.63, 3.8) is 0 Å². The Balaban J connectivity index is 1.29. The first-order valence-electron chi connectivity index (χ1n) is 10.3. The van der Waals surface area contributed by atoms with Crippen molar-refractivity contribution < 1.29 is 9.21 Å². The van der Waals surface area contributed by atoms with Gasteiger partial charge in [-0.05, 0) is 43.0 Å². The zero-order valence-electron chi connectivity index (χ0n) is 17.6. The highest BCUT2D eigenvalue weighted by Crippen LogP contribution is 2.36. The monoisotopic (exact) mass is 460 g/mol. The number of nitriles is 1. The molecule has 0 atom stereocenters. The van der Waals surface area contributed by atoms with Crippen LogP contribution in [0.4, 0.5) is 5.69 Å². The van der Waals surface area contributed by atoms with E-state index in [1.807, 2.05) is 12.3 Å². The van der Waals surface area contributed by atoms with Gasteiger partial charge in [0.2, 0.25) is 5.89 Å². The van der Waals surface area contributed by atoms with Crippen molar-refractivity contribution in [3.8, 4) is 17.5 Å². The standard InChI is InChI=1S/C22H20N8O2S/c1-24-21(31)17-11-32-22(29-17)16-10-27-20-15(3-5-26-20)19(16)28-13-7-14(8-13)30-33-18-6-12(9-23)2-4-25-18/h2-6,10-11,13-14,30H,7-8H2,1H3,(H,24,31)(H2,26,27,28). The maximum Gasteiger partial charge on any atom is 0.272 e. The predicted molar refractivity (Wildman–Crippen MR) is 123 cm³/mol. The number of oxazole rings is 1. The molecule has 4 aromatic rings. The summed E-state index contributed by atoms with van der Waals surface area (Å²) in [6, 6.07) is 8.09. The van der Waals surface area contributed by atoms with Crippen LogP contribution in [0.25, 0.3) is 22.5 Å². The summed E-state index contributed by atoms with van der Waals surface area (Å²) in [5.74, 6) is 0.0232. The van der Waals surface area contributed by atoms with Crippen LogP contribution in [0.5, 0.6) is 0 Å². The van der Waals surface area contributed by atoms with E-state index >= 15 is 0 Å². The number of rotatable bonds is 7. The van der Waals surface area contributed by atoms with E-state index in [1.54, 1.807) is 31.6 Å². The molecule has 1 aliphatic rings. The Labute approximate surface area is 193 Å². The number of nitrogens with zero attached hydrogens (tertiary/aromatic N) is 4. The fourth-order valence-electron chi connectivity index (χ4n) is 3.67. The lowest BCUT2D eigenvalue weighted by atomic mass is 9.87. The molecule has 166 valence electrons. The number of aromatic nitrogens is 4. The molecule has 0 radical (unpaired) electrons. The molecular formula is C22H20N8O2S. The molecule has 11 heteroatoms. The maximum atomic E-state index is 11.9. The molecule has 4 N–H and O–H groups in total. The van der Waals surface area contributed by atoms with Crippen molar-refractivity contribution >= 4 is 34.6 Å². The number of hydrogen-bond acceptors (Lipinski definition) is 9. The van der Waals surface area contributed by atoms with E-state index in [0.29, 0.717) is 23.1 Å². The fraction of sp³-hybridized carbons (Fsp3) is 0.227. The first-order chi connectivity index (χ1) is 16.1.